The van der Waals surface area contributed by atoms with Crippen molar-refractivity contribution in [3.05, 3.63) is 35.9 Å². The van der Waals surface area contributed by atoms with E-state index in [1.54, 1.807) is 0 Å². The lowest BCUT2D eigenvalue weighted by Gasteiger charge is -2.38. The van der Waals surface area contributed by atoms with Crippen LogP contribution >= 0.6 is 0 Å². The van der Waals surface area contributed by atoms with E-state index in [-0.39, 0.29) is 0 Å². The molecule has 0 amide bonds. The molecular formula is C19H34N+. The van der Waals surface area contributed by atoms with Crippen LogP contribution in [0.2, 0.25) is 0 Å². The van der Waals surface area contributed by atoms with Crippen LogP contribution in [0.4, 0.5) is 0 Å². The molecule has 1 aromatic carbocycles. The molecule has 0 aliphatic rings. The molecule has 0 bridgehead atoms. The zero-order valence-electron chi connectivity index (χ0n) is 14.1. The Balaban J connectivity index is 2.45. The topological polar surface area (TPSA) is 0 Å². The van der Waals surface area contributed by atoms with Gasteiger partial charge in [0, 0.05) is 12.0 Å². The van der Waals surface area contributed by atoms with Gasteiger partial charge in [0.25, 0.3) is 0 Å². The highest BCUT2D eigenvalue weighted by atomic mass is 15.3. The number of hydrogen-bond donors (Lipinski definition) is 0. The summed E-state index contributed by atoms with van der Waals surface area (Å²) in [5.41, 5.74) is 1.49. The first-order valence-corrected chi connectivity index (χ1v) is 8.49. The van der Waals surface area contributed by atoms with E-state index in [9.17, 15) is 0 Å². The number of nitrogens with zero attached hydrogens (tertiary/aromatic N) is 1. The van der Waals surface area contributed by atoms with Crippen molar-refractivity contribution < 1.29 is 4.48 Å². The summed E-state index contributed by atoms with van der Waals surface area (Å²) in [5, 5.41) is 0. The molecule has 0 saturated heterocycles. The molecule has 0 heterocycles. The predicted octanol–water partition coefficient (Wildman–Crippen LogP) is 5.57. The molecule has 0 aliphatic heterocycles. The summed E-state index contributed by atoms with van der Waals surface area (Å²) in [5.74, 6) is 0. The Morgan fingerprint density at radius 2 is 1.45 bits per heavy atom. The van der Waals surface area contributed by atoms with Gasteiger partial charge in [0.05, 0.1) is 20.6 Å². The molecule has 1 heteroatoms. The van der Waals surface area contributed by atoms with Crippen molar-refractivity contribution in [3.63, 3.8) is 0 Å². The summed E-state index contributed by atoms with van der Waals surface area (Å²) < 4.78 is 1.12. The van der Waals surface area contributed by atoms with Gasteiger partial charge >= 0.3 is 0 Å². The van der Waals surface area contributed by atoms with Crippen molar-refractivity contribution in [2.45, 2.75) is 64.8 Å². The molecule has 0 spiro atoms. The van der Waals surface area contributed by atoms with Crippen LogP contribution in [0.3, 0.4) is 0 Å². The Bertz CT molecular complexity index is 342. The molecule has 0 N–H and O–H groups in total. The smallest absolute Gasteiger partial charge is 0.114 e. The molecule has 1 nitrogen and oxygen atoms in total. The fourth-order valence-electron chi connectivity index (χ4n) is 3.26. The maximum atomic E-state index is 2.40. The van der Waals surface area contributed by atoms with Gasteiger partial charge in [0.1, 0.15) is 6.04 Å². The summed E-state index contributed by atoms with van der Waals surface area (Å²) in [6.45, 7) is 5.89. The minimum Gasteiger partial charge on any atom is -0.322 e. The molecule has 0 fully saturated rings. The number of unbranched alkanes of at least 4 members (excludes halogenated alkanes) is 5. The summed E-state index contributed by atoms with van der Waals surface area (Å²) >= 11 is 0. The van der Waals surface area contributed by atoms with E-state index < -0.39 is 0 Å². The van der Waals surface area contributed by atoms with Crippen LogP contribution in [0.25, 0.3) is 0 Å². The molecule has 1 atom stereocenters. The van der Waals surface area contributed by atoms with Crippen molar-refractivity contribution in [2.75, 3.05) is 20.6 Å². The monoisotopic (exact) mass is 276 g/mol. The predicted molar refractivity (Wildman–Crippen MR) is 89.8 cm³/mol. The molecule has 1 aromatic rings. The van der Waals surface area contributed by atoms with E-state index in [0.717, 1.165) is 4.48 Å². The van der Waals surface area contributed by atoms with Crippen molar-refractivity contribution in [3.8, 4) is 0 Å². The Labute approximate surface area is 126 Å². The van der Waals surface area contributed by atoms with Crippen molar-refractivity contribution in [1.82, 2.24) is 0 Å². The summed E-state index contributed by atoms with van der Waals surface area (Å²) in [4.78, 5) is 0. The maximum Gasteiger partial charge on any atom is 0.114 e. The molecule has 0 aromatic heterocycles. The zero-order chi connectivity index (χ0) is 14.8. The van der Waals surface area contributed by atoms with E-state index in [4.69, 9.17) is 0 Å². The van der Waals surface area contributed by atoms with Gasteiger partial charge in [-0.2, -0.15) is 0 Å². The minimum atomic E-state index is 0.631. The maximum absolute atomic E-state index is 2.40. The standard InChI is InChI=1S/C19H34N/c1-5-7-8-9-10-14-17-20(3,4)19(6-2)18-15-12-11-13-16-18/h11-13,15-16,19H,5-10,14,17H2,1-4H3/q+1. The highest BCUT2D eigenvalue weighted by molar-refractivity contribution is 5.17. The molecule has 1 unspecified atom stereocenters. The van der Waals surface area contributed by atoms with Crippen LogP contribution in [0, 0.1) is 0 Å². The van der Waals surface area contributed by atoms with Gasteiger partial charge in [-0.05, 0) is 12.8 Å². The molecule has 20 heavy (non-hydrogen) atoms. The van der Waals surface area contributed by atoms with Gasteiger partial charge in [0.15, 0.2) is 0 Å². The lowest BCUT2D eigenvalue weighted by molar-refractivity contribution is -0.921. The van der Waals surface area contributed by atoms with Crippen LogP contribution in [0.1, 0.15) is 70.4 Å². The average Bonchev–Trinajstić information content (AvgIpc) is 2.44. The van der Waals surface area contributed by atoms with Gasteiger partial charge in [-0.1, -0.05) is 69.9 Å². The summed E-state index contributed by atoms with van der Waals surface area (Å²) in [7, 11) is 4.79. The first-order chi connectivity index (χ1) is 9.61. The highest BCUT2D eigenvalue weighted by Crippen LogP contribution is 2.28. The van der Waals surface area contributed by atoms with Crippen LogP contribution < -0.4 is 0 Å². The summed E-state index contributed by atoms with van der Waals surface area (Å²) in [6.07, 6.45) is 9.54. The second-order valence-corrected chi connectivity index (χ2v) is 6.60. The van der Waals surface area contributed by atoms with E-state index in [2.05, 4.69) is 58.3 Å². The Kier molecular flexibility index (Phi) is 7.91. The SMILES string of the molecule is CCCCCCCC[N+](C)(C)C(CC)c1ccccc1. The molecule has 0 saturated carbocycles. The number of quaternary nitrogens is 1. The lowest BCUT2D eigenvalue weighted by atomic mass is 10.0. The number of hydrogen-bond acceptors (Lipinski definition) is 0. The normalized spacial score (nSPS) is 13.4. The number of rotatable bonds is 10. The third-order valence-corrected chi connectivity index (χ3v) is 4.50. The fourth-order valence-corrected chi connectivity index (χ4v) is 3.26. The highest BCUT2D eigenvalue weighted by Gasteiger charge is 2.27. The van der Waals surface area contributed by atoms with Crippen molar-refractivity contribution in [2.24, 2.45) is 0 Å². The fraction of sp³-hybridized carbons (Fsp3) is 0.684. The van der Waals surface area contributed by atoms with Crippen LogP contribution in [0.15, 0.2) is 30.3 Å². The van der Waals surface area contributed by atoms with E-state index >= 15 is 0 Å². The van der Waals surface area contributed by atoms with Gasteiger partial charge in [0.2, 0.25) is 0 Å². The van der Waals surface area contributed by atoms with Gasteiger partial charge in [-0.15, -0.1) is 0 Å². The lowest BCUT2D eigenvalue weighted by Crippen LogP contribution is -2.43. The molecule has 1 rings (SSSR count). The molecule has 0 radical (unpaired) electrons. The van der Waals surface area contributed by atoms with E-state index in [0.29, 0.717) is 6.04 Å². The Morgan fingerprint density at radius 1 is 0.850 bits per heavy atom. The van der Waals surface area contributed by atoms with Crippen LogP contribution in [0.5, 0.6) is 0 Å². The van der Waals surface area contributed by atoms with Gasteiger partial charge in [-0.25, -0.2) is 0 Å². The molecule has 0 aliphatic carbocycles. The third-order valence-electron chi connectivity index (χ3n) is 4.50. The zero-order valence-corrected chi connectivity index (χ0v) is 14.1. The largest absolute Gasteiger partial charge is 0.322 e. The van der Waals surface area contributed by atoms with Crippen LogP contribution in [-0.4, -0.2) is 25.1 Å². The molecular weight excluding hydrogens is 242 g/mol. The third kappa shape index (κ3) is 5.66. The Morgan fingerprint density at radius 3 is 2.05 bits per heavy atom. The van der Waals surface area contributed by atoms with Crippen LogP contribution in [-0.2, 0) is 0 Å². The van der Waals surface area contributed by atoms with Crippen molar-refractivity contribution >= 4 is 0 Å². The average molecular weight is 276 g/mol. The second kappa shape index (κ2) is 9.18. The first kappa shape index (κ1) is 17.2. The summed E-state index contributed by atoms with van der Waals surface area (Å²) in [6, 6.07) is 11.7. The van der Waals surface area contributed by atoms with Gasteiger partial charge < -0.3 is 4.48 Å². The van der Waals surface area contributed by atoms with E-state index in [1.807, 2.05) is 0 Å². The Hall–Kier alpha value is -0.820. The molecule has 114 valence electrons. The number of benzene rings is 1. The first-order valence-electron chi connectivity index (χ1n) is 8.49. The van der Waals surface area contributed by atoms with Crippen molar-refractivity contribution in [1.29, 1.82) is 0 Å². The van der Waals surface area contributed by atoms with E-state index in [1.165, 1.54) is 57.1 Å². The minimum absolute atomic E-state index is 0.631. The quantitative estimate of drug-likeness (QED) is 0.387. The van der Waals surface area contributed by atoms with Gasteiger partial charge in [-0.3, -0.25) is 0 Å². The second-order valence-electron chi connectivity index (χ2n) is 6.60.